The third-order valence-electron chi connectivity index (χ3n) is 3.82. The van der Waals surface area contributed by atoms with Gasteiger partial charge in [0.25, 0.3) is 5.91 Å². The molecule has 4 heteroatoms. The molecule has 20 heavy (non-hydrogen) atoms. The number of likely N-dealkylation sites (N-methyl/N-ethyl adjacent to an activating group) is 1. The molecule has 1 aliphatic rings. The maximum absolute atomic E-state index is 12.3. The number of hydrogen-bond donors (Lipinski definition) is 1. The van der Waals surface area contributed by atoms with E-state index in [0.717, 1.165) is 31.4 Å². The van der Waals surface area contributed by atoms with Crippen LogP contribution in [-0.2, 0) is 0 Å². The summed E-state index contributed by atoms with van der Waals surface area (Å²) in [5.41, 5.74) is -0.0760. The van der Waals surface area contributed by atoms with Gasteiger partial charge in [-0.3, -0.25) is 4.79 Å². The number of amides is 1. The molecule has 0 unspecified atom stereocenters. The Bertz CT molecular complexity index is 449. The van der Waals surface area contributed by atoms with E-state index in [1.54, 1.807) is 36.2 Å². The maximum atomic E-state index is 12.3. The summed E-state index contributed by atoms with van der Waals surface area (Å²) in [6.45, 7) is 2.94. The van der Waals surface area contributed by atoms with Gasteiger partial charge in [-0.2, -0.15) is 0 Å². The zero-order valence-corrected chi connectivity index (χ0v) is 12.3. The normalized spacial score (nSPS) is 16.9. The number of hydrogen-bond acceptors (Lipinski definition) is 3. The number of carbonyl (C=O) groups is 1. The van der Waals surface area contributed by atoms with Crippen molar-refractivity contribution in [1.29, 1.82) is 0 Å². The first-order valence-corrected chi connectivity index (χ1v) is 7.25. The lowest BCUT2D eigenvalue weighted by Crippen LogP contribution is -2.42. The Labute approximate surface area is 120 Å². The Hall–Kier alpha value is -1.55. The first-order chi connectivity index (χ1) is 9.54. The van der Waals surface area contributed by atoms with Crippen LogP contribution in [-0.4, -0.2) is 41.7 Å². The summed E-state index contributed by atoms with van der Waals surface area (Å²) in [6.07, 6.45) is 3.66. The summed E-state index contributed by atoms with van der Waals surface area (Å²) in [4.78, 5) is 13.9. The van der Waals surface area contributed by atoms with Crippen LogP contribution in [0.25, 0.3) is 0 Å². The maximum Gasteiger partial charge on any atom is 0.253 e. The molecule has 0 radical (unpaired) electrons. The predicted molar refractivity (Wildman–Crippen MR) is 78.0 cm³/mol. The van der Waals surface area contributed by atoms with Crippen LogP contribution in [0.1, 0.15) is 43.0 Å². The van der Waals surface area contributed by atoms with E-state index >= 15 is 0 Å². The fourth-order valence-corrected chi connectivity index (χ4v) is 2.79. The summed E-state index contributed by atoms with van der Waals surface area (Å²) in [5, 5.41) is 10.4. The van der Waals surface area contributed by atoms with E-state index in [0.29, 0.717) is 18.7 Å². The van der Waals surface area contributed by atoms with Crippen molar-refractivity contribution < 1.29 is 14.6 Å². The molecule has 2 rings (SSSR count). The van der Waals surface area contributed by atoms with Crippen LogP contribution in [0.2, 0.25) is 0 Å². The molecular weight excluding hydrogens is 254 g/mol. The summed E-state index contributed by atoms with van der Waals surface area (Å²) >= 11 is 0. The minimum atomic E-state index is -0.699. The summed E-state index contributed by atoms with van der Waals surface area (Å²) in [7, 11) is 1.75. The standard InChI is InChI=1S/C16H23NO3/c1-3-20-14-8-6-13(7-9-14)15(18)17(2)12-16(19)10-4-5-11-16/h6-9,19H,3-5,10-12H2,1-2H3. The van der Waals surface area contributed by atoms with E-state index in [-0.39, 0.29) is 5.91 Å². The van der Waals surface area contributed by atoms with Crippen molar-refractivity contribution in [2.45, 2.75) is 38.2 Å². The van der Waals surface area contributed by atoms with E-state index in [1.165, 1.54) is 0 Å². The molecule has 1 aromatic carbocycles. The van der Waals surface area contributed by atoms with Crippen molar-refractivity contribution in [2.75, 3.05) is 20.2 Å². The summed E-state index contributed by atoms with van der Waals surface area (Å²) < 4.78 is 5.36. The second-order valence-corrected chi connectivity index (χ2v) is 5.55. The zero-order chi connectivity index (χ0) is 14.6. The van der Waals surface area contributed by atoms with Gasteiger partial charge in [-0.25, -0.2) is 0 Å². The zero-order valence-electron chi connectivity index (χ0n) is 12.3. The third kappa shape index (κ3) is 3.51. The van der Waals surface area contributed by atoms with Gasteiger partial charge < -0.3 is 14.7 Å². The molecule has 4 nitrogen and oxygen atoms in total. The van der Waals surface area contributed by atoms with E-state index in [4.69, 9.17) is 4.74 Å². The van der Waals surface area contributed by atoms with Gasteiger partial charge in [-0.05, 0) is 44.0 Å². The molecular formula is C16H23NO3. The Morgan fingerprint density at radius 1 is 1.30 bits per heavy atom. The number of nitrogens with zero attached hydrogens (tertiary/aromatic N) is 1. The largest absolute Gasteiger partial charge is 0.494 e. The topological polar surface area (TPSA) is 49.8 Å². The van der Waals surface area contributed by atoms with Crippen LogP contribution in [0.5, 0.6) is 5.75 Å². The van der Waals surface area contributed by atoms with E-state index in [9.17, 15) is 9.90 Å². The van der Waals surface area contributed by atoms with Crippen LogP contribution in [0, 0.1) is 0 Å². The second-order valence-electron chi connectivity index (χ2n) is 5.55. The van der Waals surface area contributed by atoms with Gasteiger partial charge in [-0.15, -0.1) is 0 Å². The minimum Gasteiger partial charge on any atom is -0.494 e. The minimum absolute atomic E-state index is 0.0617. The quantitative estimate of drug-likeness (QED) is 0.899. The van der Waals surface area contributed by atoms with Gasteiger partial charge in [-0.1, -0.05) is 12.8 Å². The van der Waals surface area contributed by atoms with E-state index in [1.807, 2.05) is 6.92 Å². The monoisotopic (exact) mass is 277 g/mol. The molecule has 0 heterocycles. The molecule has 110 valence electrons. The Morgan fingerprint density at radius 3 is 2.45 bits per heavy atom. The molecule has 1 aromatic rings. The SMILES string of the molecule is CCOc1ccc(C(=O)N(C)CC2(O)CCCC2)cc1. The fourth-order valence-electron chi connectivity index (χ4n) is 2.79. The fraction of sp³-hybridized carbons (Fsp3) is 0.562. The summed E-state index contributed by atoms with van der Waals surface area (Å²) in [5.74, 6) is 0.703. The van der Waals surface area contributed by atoms with E-state index < -0.39 is 5.60 Å². The molecule has 1 N–H and O–H groups in total. The van der Waals surface area contributed by atoms with Crippen molar-refractivity contribution in [3.05, 3.63) is 29.8 Å². The van der Waals surface area contributed by atoms with Crippen molar-refractivity contribution in [1.82, 2.24) is 4.90 Å². The van der Waals surface area contributed by atoms with Gasteiger partial charge in [0.2, 0.25) is 0 Å². The Morgan fingerprint density at radius 2 is 1.90 bits per heavy atom. The first kappa shape index (κ1) is 14.9. The lowest BCUT2D eigenvalue weighted by Gasteiger charge is -2.28. The van der Waals surface area contributed by atoms with Crippen LogP contribution >= 0.6 is 0 Å². The number of aliphatic hydroxyl groups is 1. The number of benzene rings is 1. The highest BCUT2D eigenvalue weighted by Crippen LogP contribution is 2.30. The first-order valence-electron chi connectivity index (χ1n) is 7.25. The molecule has 1 saturated carbocycles. The Kier molecular flexibility index (Phi) is 4.65. The molecule has 1 amide bonds. The summed E-state index contributed by atoms with van der Waals surface area (Å²) in [6, 6.07) is 7.13. The number of ether oxygens (including phenoxy) is 1. The Balaban J connectivity index is 1.99. The van der Waals surface area contributed by atoms with Crippen molar-refractivity contribution in [3.8, 4) is 5.75 Å². The van der Waals surface area contributed by atoms with Crippen LogP contribution in [0.3, 0.4) is 0 Å². The molecule has 0 bridgehead atoms. The van der Waals surface area contributed by atoms with Crippen molar-refractivity contribution in [3.63, 3.8) is 0 Å². The number of rotatable bonds is 5. The smallest absolute Gasteiger partial charge is 0.253 e. The van der Waals surface area contributed by atoms with Crippen molar-refractivity contribution >= 4 is 5.91 Å². The highest BCUT2D eigenvalue weighted by Gasteiger charge is 2.33. The van der Waals surface area contributed by atoms with Gasteiger partial charge in [0.15, 0.2) is 0 Å². The van der Waals surface area contributed by atoms with Crippen LogP contribution < -0.4 is 4.74 Å². The lowest BCUT2D eigenvalue weighted by atomic mass is 10.0. The van der Waals surface area contributed by atoms with Gasteiger partial charge in [0.1, 0.15) is 5.75 Å². The average Bonchev–Trinajstić information content (AvgIpc) is 2.85. The highest BCUT2D eigenvalue weighted by molar-refractivity contribution is 5.94. The molecule has 0 saturated heterocycles. The van der Waals surface area contributed by atoms with Crippen molar-refractivity contribution in [2.24, 2.45) is 0 Å². The molecule has 1 fully saturated rings. The van der Waals surface area contributed by atoms with Gasteiger partial charge in [0.05, 0.1) is 12.2 Å². The van der Waals surface area contributed by atoms with Gasteiger partial charge >= 0.3 is 0 Å². The predicted octanol–water partition coefficient (Wildman–Crippen LogP) is 2.46. The van der Waals surface area contributed by atoms with E-state index in [2.05, 4.69) is 0 Å². The molecule has 0 aromatic heterocycles. The highest BCUT2D eigenvalue weighted by atomic mass is 16.5. The second kappa shape index (κ2) is 6.27. The lowest BCUT2D eigenvalue weighted by molar-refractivity contribution is 0.0157. The molecule has 0 spiro atoms. The van der Waals surface area contributed by atoms with Crippen LogP contribution in [0.4, 0.5) is 0 Å². The third-order valence-corrected chi connectivity index (χ3v) is 3.82. The molecule has 1 aliphatic carbocycles. The number of carbonyl (C=O) groups excluding carboxylic acids is 1. The van der Waals surface area contributed by atoms with Gasteiger partial charge in [0, 0.05) is 19.2 Å². The molecule has 0 atom stereocenters. The molecule has 0 aliphatic heterocycles. The van der Waals surface area contributed by atoms with Crippen LogP contribution in [0.15, 0.2) is 24.3 Å². The average molecular weight is 277 g/mol.